The summed E-state index contributed by atoms with van der Waals surface area (Å²) in [6.07, 6.45) is 0.525. The molecule has 12 heteroatoms. The zero-order valence-corrected chi connectivity index (χ0v) is 12.6. The molecule has 0 bridgehead atoms. The molecule has 0 saturated carbocycles. The number of phenols is 1. The second-order valence-corrected chi connectivity index (χ2v) is 6.35. The van der Waals surface area contributed by atoms with E-state index < -0.39 is 47.0 Å². The molecule has 1 aliphatic rings. The molecule has 1 aromatic carbocycles. The first-order valence-electron chi connectivity index (χ1n) is 5.47. The minimum atomic E-state index is -4.41. The van der Waals surface area contributed by atoms with Crippen LogP contribution in [0.4, 0.5) is 11.4 Å². The molecule has 1 aliphatic heterocycles. The maximum atomic E-state index is 11.7. The predicted octanol–water partition coefficient (Wildman–Crippen LogP) is 1.40. The number of primary sulfonamides is 1. The topological polar surface area (TPSA) is 136 Å². The van der Waals surface area contributed by atoms with E-state index in [2.05, 4.69) is 0 Å². The van der Waals surface area contributed by atoms with Gasteiger partial charge in [0.25, 0.3) is 0 Å². The summed E-state index contributed by atoms with van der Waals surface area (Å²) < 4.78 is 23.4. The number of halogens is 2. The Morgan fingerprint density at radius 1 is 1.38 bits per heavy atom. The van der Waals surface area contributed by atoms with Crippen molar-refractivity contribution in [1.29, 1.82) is 0 Å². The highest BCUT2D eigenvalue weighted by molar-refractivity contribution is 7.89. The fourth-order valence-electron chi connectivity index (χ4n) is 1.91. The van der Waals surface area contributed by atoms with Gasteiger partial charge in [-0.05, 0) is 6.42 Å². The molecule has 1 aromatic rings. The van der Waals surface area contributed by atoms with Crippen LogP contribution in [0.25, 0.3) is 0 Å². The summed E-state index contributed by atoms with van der Waals surface area (Å²) in [6.45, 7) is 0.447. The number of sulfonamides is 1. The molecule has 0 atom stereocenters. The number of anilines is 1. The van der Waals surface area contributed by atoms with Gasteiger partial charge in [-0.2, -0.15) is 0 Å². The lowest BCUT2D eigenvalue weighted by molar-refractivity contribution is -0.385. The van der Waals surface area contributed by atoms with Crippen molar-refractivity contribution >= 4 is 44.6 Å². The quantitative estimate of drug-likeness (QED) is 0.615. The van der Waals surface area contributed by atoms with E-state index in [4.69, 9.17) is 33.2 Å². The first kappa shape index (κ1) is 16.0. The lowest BCUT2D eigenvalue weighted by atomic mass is 10.2. The van der Waals surface area contributed by atoms with Crippen molar-refractivity contribution in [1.82, 2.24) is 0 Å². The van der Waals surface area contributed by atoms with Gasteiger partial charge >= 0.3 is 5.69 Å². The van der Waals surface area contributed by atoms with Crippen LogP contribution in [0.5, 0.6) is 5.75 Å². The Hall–Kier alpha value is -1.33. The normalized spacial score (nSPS) is 15.5. The van der Waals surface area contributed by atoms with Crippen LogP contribution in [0.3, 0.4) is 0 Å². The Morgan fingerprint density at radius 3 is 2.43 bits per heavy atom. The molecule has 0 aromatic heterocycles. The maximum Gasteiger partial charge on any atom is 0.333 e. The first-order chi connectivity index (χ1) is 9.66. The number of nitro benzene ring substituents is 1. The molecule has 116 valence electrons. The van der Waals surface area contributed by atoms with Crippen LogP contribution in [-0.4, -0.2) is 31.6 Å². The number of aromatic hydroxyl groups is 1. The van der Waals surface area contributed by atoms with Crippen molar-refractivity contribution in [3.05, 3.63) is 20.2 Å². The van der Waals surface area contributed by atoms with Gasteiger partial charge in [-0.3, -0.25) is 15.0 Å². The molecule has 3 N–H and O–H groups in total. The largest absolute Gasteiger partial charge is 0.501 e. The predicted molar refractivity (Wildman–Crippen MR) is 74.1 cm³/mol. The first-order valence-corrected chi connectivity index (χ1v) is 7.78. The SMILES string of the molecule is NS(=O)(=O)c1c(Cl)c(Cl)c([N+](=O)[O-])c(O)c1N1CCCO1. The van der Waals surface area contributed by atoms with Gasteiger partial charge < -0.3 is 5.11 Å². The van der Waals surface area contributed by atoms with E-state index in [-0.39, 0.29) is 13.2 Å². The van der Waals surface area contributed by atoms with E-state index in [0.29, 0.717) is 6.42 Å². The van der Waals surface area contributed by atoms with Crippen molar-refractivity contribution in [3.63, 3.8) is 0 Å². The molecule has 0 amide bonds. The van der Waals surface area contributed by atoms with Crippen molar-refractivity contribution < 1.29 is 23.3 Å². The molecule has 0 unspecified atom stereocenters. The summed E-state index contributed by atoms with van der Waals surface area (Å²) in [7, 11) is -4.41. The Kier molecular flexibility index (Phi) is 4.17. The number of hydroxylamine groups is 1. The molecule has 0 aliphatic carbocycles. The van der Waals surface area contributed by atoms with Crippen LogP contribution >= 0.6 is 23.2 Å². The Labute approximate surface area is 129 Å². The molecular weight excluding hydrogens is 349 g/mol. The molecular formula is C9H9Cl2N3O6S. The summed E-state index contributed by atoms with van der Waals surface area (Å²) >= 11 is 11.5. The molecule has 1 heterocycles. The number of phenolic OH excluding ortho intramolecular Hbond substituents is 1. The zero-order valence-electron chi connectivity index (χ0n) is 10.2. The molecule has 1 fully saturated rings. The van der Waals surface area contributed by atoms with E-state index in [9.17, 15) is 23.6 Å². The third-order valence-corrected chi connectivity index (χ3v) is 4.65. The zero-order chi connectivity index (χ0) is 15.9. The second kappa shape index (κ2) is 5.46. The Balaban J connectivity index is 2.90. The Bertz CT molecular complexity index is 717. The van der Waals surface area contributed by atoms with Crippen molar-refractivity contribution in [2.24, 2.45) is 5.14 Å². The van der Waals surface area contributed by atoms with Gasteiger partial charge in [0.15, 0.2) is 0 Å². The van der Waals surface area contributed by atoms with Crippen molar-refractivity contribution in [2.45, 2.75) is 11.3 Å². The lowest BCUT2D eigenvalue weighted by Gasteiger charge is -2.21. The van der Waals surface area contributed by atoms with Gasteiger partial charge in [0.1, 0.15) is 15.6 Å². The van der Waals surface area contributed by atoms with Gasteiger partial charge in [-0.1, -0.05) is 23.2 Å². The summed E-state index contributed by atoms with van der Waals surface area (Å²) in [4.78, 5) is 14.4. The van der Waals surface area contributed by atoms with Gasteiger partial charge in [0.05, 0.1) is 16.6 Å². The minimum Gasteiger partial charge on any atom is -0.501 e. The average Bonchev–Trinajstić information content (AvgIpc) is 2.84. The molecule has 9 nitrogen and oxygen atoms in total. The van der Waals surface area contributed by atoms with Crippen LogP contribution in [0.2, 0.25) is 10.0 Å². The highest BCUT2D eigenvalue weighted by Gasteiger charge is 2.37. The highest BCUT2D eigenvalue weighted by atomic mass is 35.5. The van der Waals surface area contributed by atoms with Crippen molar-refractivity contribution in [3.8, 4) is 5.75 Å². The van der Waals surface area contributed by atoms with E-state index in [1.54, 1.807) is 0 Å². The number of nitro groups is 1. The standard InChI is InChI=1S/C9H9Cl2N3O6S/c10-4-5(11)9(21(12,18)19)7(13-2-1-3-20-13)8(15)6(4)14(16)17/h15H,1-3H2,(H2,12,18,19). The van der Waals surface area contributed by atoms with Crippen LogP contribution in [0, 0.1) is 10.1 Å². The van der Waals surface area contributed by atoms with Crippen LogP contribution in [0.15, 0.2) is 4.90 Å². The summed E-state index contributed by atoms with van der Waals surface area (Å²) in [5.41, 5.74) is -1.41. The van der Waals surface area contributed by atoms with Gasteiger partial charge in [0, 0.05) is 6.54 Å². The van der Waals surface area contributed by atoms with Crippen LogP contribution < -0.4 is 10.2 Å². The third kappa shape index (κ3) is 2.72. The van der Waals surface area contributed by atoms with E-state index in [1.807, 2.05) is 0 Å². The Morgan fingerprint density at radius 2 is 2.00 bits per heavy atom. The number of nitrogens with two attached hydrogens (primary N) is 1. The molecule has 0 spiro atoms. The highest BCUT2D eigenvalue weighted by Crippen LogP contribution is 2.50. The summed E-state index contributed by atoms with van der Waals surface area (Å²) in [5.74, 6) is -0.972. The smallest absolute Gasteiger partial charge is 0.333 e. The molecule has 0 radical (unpaired) electrons. The number of nitrogens with zero attached hydrogens (tertiary/aromatic N) is 2. The van der Waals surface area contributed by atoms with E-state index in [0.717, 1.165) is 5.06 Å². The molecule has 1 saturated heterocycles. The average molecular weight is 358 g/mol. The van der Waals surface area contributed by atoms with Crippen LogP contribution in [0.1, 0.15) is 6.42 Å². The summed E-state index contributed by atoms with van der Waals surface area (Å²) in [5, 5.41) is 25.7. The second-order valence-electron chi connectivity index (χ2n) is 4.09. The monoisotopic (exact) mass is 357 g/mol. The number of hydrogen-bond acceptors (Lipinski definition) is 7. The van der Waals surface area contributed by atoms with Crippen molar-refractivity contribution in [2.75, 3.05) is 18.2 Å². The van der Waals surface area contributed by atoms with E-state index >= 15 is 0 Å². The molecule has 21 heavy (non-hydrogen) atoms. The molecule has 2 rings (SSSR count). The van der Waals surface area contributed by atoms with E-state index in [1.165, 1.54) is 0 Å². The number of rotatable bonds is 3. The lowest BCUT2D eigenvalue weighted by Crippen LogP contribution is -2.23. The van der Waals surface area contributed by atoms with Gasteiger partial charge in [-0.25, -0.2) is 18.6 Å². The number of benzene rings is 1. The third-order valence-electron chi connectivity index (χ3n) is 2.73. The minimum absolute atomic E-state index is 0.200. The fraction of sp³-hybridized carbons (Fsp3) is 0.333. The van der Waals surface area contributed by atoms with Gasteiger partial charge in [-0.15, -0.1) is 0 Å². The fourth-order valence-corrected chi connectivity index (χ4v) is 3.54. The number of hydrogen-bond donors (Lipinski definition) is 2. The maximum absolute atomic E-state index is 11.7. The summed E-state index contributed by atoms with van der Waals surface area (Å²) in [6, 6.07) is 0. The van der Waals surface area contributed by atoms with Gasteiger partial charge in [0.2, 0.25) is 15.8 Å². The van der Waals surface area contributed by atoms with Crippen LogP contribution in [-0.2, 0) is 14.9 Å².